The average molecular weight is 374 g/mol. The first-order chi connectivity index (χ1) is 13.7. The lowest BCUT2D eigenvalue weighted by atomic mass is 10.1. The second-order valence-corrected chi connectivity index (χ2v) is 6.64. The van der Waals surface area contributed by atoms with Gasteiger partial charge in [0.15, 0.2) is 0 Å². The summed E-state index contributed by atoms with van der Waals surface area (Å²) in [6.45, 7) is 6.14. The van der Waals surface area contributed by atoms with Crippen LogP contribution in [0.5, 0.6) is 0 Å². The summed E-state index contributed by atoms with van der Waals surface area (Å²) < 4.78 is 1.73. The molecule has 3 N–H and O–H groups in total. The van der Waals surface area contributed by atoms with Crippen molar-refractivity contribution in [1.29, 1.82) is 0 Å². The Hall–Kier alpha value is -3.61. The summed E-state index contributed by atoms with van der Waals surface area (Å²) in [7, 11) is 0. The van der Waals surface area contributed by atoms with Crippen LogP contribution in [0.3, 0.4) is 0 Å². The lowest BCUT2D eigenvalue weighted by Crippen LogP contribution is -2.28. The van der Waals surface area contributed by atoms with Gasteiger partial charge in [-0.05, 0) is 31.3 Å². The van der Waals surface area contributed by atoms with Crippen molar-refractivity contribution in [2.75, 3.05) is 17.2 Å². The molecular formula is C21H22N6O. The average Bonchev–Trinajstić information content (AvgIpc) is 2.93. The second kappa shape index (κ2) is 7.56. The van der Waals surface area contributed by atoms with Gasteiger partial charge in [-0.1, -0.05) is 42.5 Å². The van der Waals surface area contributed by atoms with E-state index in [0.717, 1.165) is 22.8 Å². The van der Waals surface area contributed by atoms with Crippen molar-refractivity contribution in [3.63, 3.8) is 0 Å². The molecule has 1 aliphatic rings. The van der Waals surface area contributed by atoms with Crippen LogP contribution in [0.1, 0.15) is 24.2 Å². The SMILES string of the molecule is C=Nc1ccccc1NC1CNc2c([nH]c(=O)n2[C@H](C)c2ccccc2)C=N1. The summed E-state index contributed by atoms with van der Waals surface area (Å²) in [6.07, 6.45) is 1.49. The van der Waals surface area contributed by atoms with Crippen LogP contribution in [0.2, 0.25) is 0 Å². The molecule has 0 fully saturated rings. The first-order valence-corrected chi connectivity index (χ1v) is 9.16. The fourth-order valence-electron chi connectivity index (χ4n) is 3.40. The Labute approximate surface area is 162 Å². The molecular weight excluding hydrogens is 352 g/mol. The van der Waals surface area contributed by atoms with Crippen LogP contribution >= 0.6 is 0 Å². The molecule has 3 aromatic rings. The van der Waals surface area contributed by atoms with Crippen molar-refractivity contribution < 1.29 is 0 Å². The van der Waals surface area contributed by atoms with Gasteiger partial charge in [-0.3, -0.25) is 14.6 Å². The summed E-state index contributed by atoms with van der Waals surface area (Å²) in [6, 6.07) is 17.5. The Kier molecular flexibility index (Phi) is 4.80. The van der Waals surface area contributed by atoms with E-state index in [0.29, 0.717) is 12.2 Å². The third kappa shape index (κ3) is 3.34. The van der Waals surface area contributed by atoms with Gasteiger partial charge in [0, 0.05) is 0 Å². The van der Waals surface area contributed by atoms with E-state index in [2.05, 4.69) is 32.3 Å². The quantitative estimate of drug-likeness (QED) is 0.598. The molecule has 7 nitrogen and oxygen atoms in total. The van der Waals surface area contributed by atoms with Crippen LogP contribution in [0.15, 0.2) is 69.4 Å². The molecule has 2 atom stereocenters. The molecule has 4 rings (SSSR count). The maximum atomic E-state index is 12.6. The number of fused-ring (bicyclic) bond motifs is 1. The fraction of sp³-hybridized carbons (Fsp3) is 0.190. The highest BCUT2D eigenvalue weighted by Gasteiger charge is 2.22. The van der Waals surface area contributed by atoms with Crippen molar-refractivity contribution >= 4 is 30.1 Å². The Bertz CT molecular complexity index is 1070. The number of para-hydroxylation sites is 2. The number of nitrogens with one attached hydrogen (secondary N) is 3. The van der Waals surface area contributed by atoms with E-state index in [9.17, 15) is 4.79 Å². The van der Waals surface area contributed by atoms with E-state index in [1.165, 1.54) is 0 Å². The summed E-state index contributed by atoms with van der Waals surface area (Å²) in [5.41, 5.74) is 3.22. The molecule has 0 saturated heterocycles. The Morgan fingerprint density at radius 1 is 1.21 bits per heavy atom. The lowest BCUT2D eigenvalue weighted by molar-refractivity contribution is 0.619. The summed E-state index contributed by atoms with van der Waals surface area (Å²) in [4.78, 5) is 24.1. The molecule has 142 valence electrons. The standard InChI is InChI=1S/C21H22N6O/c1-14(15-8-4-3-5-9-15)27-20-18(26-21(27)28)12-23-19(13-24-20)25-17-11-7-6-10-16(17)22-2/h3-12,14,19,24-25H,2,13H2,1H3,(H,26,28)/t14-,19?/m1/s1. The molecule has 1 aromatic heterocycles. The van der Waals surface area contributed by atoms with E-state index in [1.54, 1.807) is 10.8 Å². The van der Waals surface area contributed by atoms with Gasteiger partial charge in [0.25, 0.3) is 0 Å². The van der Waals surface area contributed by atoms with E-state index < -0.39 is 0 Å². The monoisotopic (exact) mass is 374 g/mol. The maximum absolute atomic E-state index is 12.6. The van der Waals surface area contributed by atoms with Crippen LogP contribution in [-0.2, 0) is 0 Å². The lowest BCUT2D eigenvalue weighted by Gasteiger charge is -2.19. The number of H-pyrrole nitrogens is 1. The van der Waals surface area contributed by atoms with E-state index in [1.807, 2.05) is 61.5 Å². The molecule has 0 aliphatic carbocycles. The summed E-state index contributed by atoms with van der Waals surface area (Å²) >= 11 is 0. The number of aliphatic imine (C=N–C) groups is 2. The van der Waals surface area contributed by atoms with Crippen molar-refractivity contribution in [2.24, 2.45) is 9.98 Å². The van der Waals surface area contributed by atoms with Crippen molar-refractivity contribution in [2.45, 2.75) is 19.1 Å². The normalized spacial score (nSPS) is 16.5. The van der Waals surface area contributed by atoms with Gasteiger partial charge < -0.3 is 15.6 Å². The van der Waals surface area contributed by atoms with E-state index in [-0.39, 0.29) is 17.9 Å². The topological polar surface area (TPSA) is 86.6 Å². The molecule has 1 aliphatic heterocycles. The van der Waals surface area contributed by atoms with Crippen LogP contribution in [0.4, 0.5) is 17.2 Å². The minimum absolute atomic E-state index is 0.107. The number of rotatable bonds is 5. The molecule has 0 amide bonds. The minimum Gasteiger partial charge on any atom is -0.366 e. The first kappa shape index (κ1) is 17.8. The third-order valence-electron chi connectivity index (χ3n) is 4.87. The molecule has 0 bridgehead atoms. The van der Waals surface area contributed by atoms with Crippen molar-refractivity contribution in [3.05, 3.63) is 76.3 Å². The number of aromatic nitrogens is 2. The third-order valence-corrected chi connectivity index (χ3v) is 4.87. The predicted molar refractivity (Wildman–Crippen MR) is 114 cm³/mol. The highest BCUT2D eigenvalue weighted by molar-refractivity contribution is 5.85. The second-order valence-electron chi connectivity index (χ2n) is 6.64. The maximum Gasteiger partial charge on any atom is 0.328 e. The highest BCUT2D eigenvalue weighted by Crippen LogP contribution is 2.26. The Morgan fingerprint density at radius 2 is 1.96 bits per heavy atom. The van der Waals surface area contributed by atoms with Crippen LogP contribution in [0, 0.1) is 0 Å². The smallest absolute Gasteiger partial charge is 0.328 e. The van der Waals surface area contributed by atoms with Gasteiger partial charge in [-0.2, -0.15) is 0 Å². The van der Waals surface area contributed by atoms with Crippen molar-refractivity contribution in [3.8, 4) is 0 Å². The van der Waals surface area contributed by atoms with Gasteiger partial charge >= 0.3 is 5.69 Å². The number of anilines is 2. The number of nitrogens with zero attached hydrogens (tertiary/aromatic N) is 3. The number of benzene rings is 2. The van der Waals surface area contributed by atoms with E-state index >= 15 is 0 Å². The zero-order valence-electron chi connectivity index (χ0n) is 15.6. The van der Waals surface area contributed by atoms with Gasteiger partial charge in [0.2, 0.25) is 0 Å². The number of hydrogen-bond donors (Lipinski definition) is 3. The zero-order chi connectivity index (χ0) is 19.5. The molecule has 2 aromatic carbocycles. The largest absolute Gasteiger partial charge is 0.366 e. The number of aromatic amines is 1. The van der Waals surface area contributed by atoms with Gasteiger partial charge in [0.05, 0.1) is 30.2 Å². The number of hydrogen-bond acceptors (Lipinski definition) is 5. The molecule has 0 saturated carbocycles. The number of imidazole rings is 1. The Balaban J connectivity index is 1.59. The summed E-state index contributed by atoms with van der Waals surface area (Å²) in [5.74, 6) is 0.740. The molecule has 1 unspecified atom stereocenters. The fourth-order valence-corrected chi connectivity index (χ4v) is 3.40. The van der Waals surface area contributed by atoms with Crippen LogP contribution in [0.25, 0.3) is 0 Å². The molecule has 0 radical (unpaired) electrons. The first-order valence-electron chi connectivity index (χ1n) is 9.16. The molecule has 0 spiro atoms. The predicted octanol–water partition coefficient (Wildman–Crippen LogP) is 3.40. The van der Waals surface area contributed by atoms with Gasteiger partial charge in [-0.25, -0.2) is 4.79 Å². The van der Waals surface area contributed by atoms with Crippen LogP contribution in [-0.4, -0.2) is 35.2 Å². The van der Waals surface area contributed by atoms with Gasteiger partial charge in [0.1, 0.15) is 17.7 Å². The molecule has 28 heavy (non-hydrogen) atoms. The van der Waals surface area contributed by atoms with Crippen LogP contribution < -0.4 is 16.3 Å². The Morgan fingerprint density at radius 3 is 2.75 bits per heavy atom. The molecule has 7 heteroatoms. The minimum atomic E-state index is -0.209. The summed E-state index contributed by atoms with van der Waals surface area (Å²) in [5, 5.41) is 6.74. The molecule has 2 heterocycles. The van der Waals surface area contributed by atoms with Gasteiger partial charge in [-0.15, -0.1) is 0 Å². The van der Waals surface area contributed by atoms with Crippen molar-refractivity contribution in [1.82, 2.24) is 9.55 Å². The van der Waals surface area contributed by atoms with E-state index in [4.69, 9.17) is 0 Å². The zero-order valence-corrected chi connectivity index (χ0v) is 15.6. The highest BCUT2D eigenvalue weighted by atomic mass is 16.1.